The number of carbonyl (C=O) groups is 2. The van der Waals surface area contributed by atoms with E-state index in [4.69, 9.17) is 14.2 Å². The molecule has 37 heavy (non-hydrogen) atoms. The number of amides is 2. The number of nitrogens with zero attached hydrogens (tertiary/aromatic N) is 3. The molecule has 2 bridgehead atoms. The fourth-order valence-corrected chi connectivity index (χ4v) is 5.14. The summed E-state index contributed by atoms with van der Waals surface area (Å²) < 4.78 is 18.1. The molecule has 0 spiro atoms. The van der Waals surface area contributed by atoms with Crippen molar-refractivity contribution in [3.63, 3.8) is 0 Å². The van der Waals surface area contributed by atoms with Gasteiger partial charge in [-0.2, -0.15) is 5.26 Å². The first-order valence-corrected chi connectivity index (χ1v) is 12.8. The zero-order valence-electron chi connectivity index (χ0n) is 21.8. The van der Waals surface area contributed by atoms with Crippen molar-refractivity contribution in [3.05, 3.63) is 65.2 Å². The molecule has 2 aromatic carbocycles. The first-order chi connectivity index (χ1) is 17.9. The maximum Gasteiger partial charge on any atom is 0.257 e. The zero-order chi connectivity index (χ0) is 26.4. The van der Waals surface area contributed by atoms with Crippen molar-refractivity contribution in [3.8, 4) is 11.8 Å². The van der Waals surface area contributed by atoms with Gasteiger partial charge in [0.15, 0.2) is 0 Å². The highest BCUT2D eigenvalue weighted by Gasteiger charge is 2.34. The van der Waals surface area contributed by atoms with Crippen molar-refractivity contribution in [2.24, 2.45) is 0 Å². The Morgan fingerprint density at radius 2 is 1.78 bits per heavy atom. The molecule has 0 aliphatic carbocycles. The van der Waals surface area contributed by atoms with E-state index in [9.17, 15) is 14.9 Å². The van der Waals surface area contributed by atoms with Gasteiger partial charge in [-0.3, -0.25) is 9.59 Å². The van der Waals surface area contributed by atoms with Crippen molar-refractivity contribution in [1.29, 1.82) is 5.26 Å². The minimum atomic E-state index is -0.252. The minimum absolute atomic E-state index is 0.0159. The Morgan fingerprint density at radius 3 is 2.51 bits per heavy atom. The van der Waals surface area contributed by atoms with Crippen LogP contribution < -0.4 is 4.74 Å². The molecule has 0 N–H and O–H groups in total. The predicted molar refractivity (Wildman–Crippen MR) is 138 cm³/mol. The lowest BCUT2D eigenvalue weighted by atomic mass is 9.93. The van der Waals surface area contributed by atoms with Gasteiger partial charge in [-0.05, 0) is 36.6 Å². The monoisotopic (exact) mass is 505 g/mol. The minimum Gasteiger partial charge on any atom is -0.493 e. The fourth-order valence-electron chi connectivity index (χ4n) is 5.14. The summed E-state index contributed by atoms with van der Waals surface area (Å²) in [7, 11) is 5.20. The van der Waals surface area contributed by atoms with Crippen LogP contribution in [0, 0.1) is 11.3 Å². The van der Waals surface area contributed by atoms with Crippen LogP contribution in [0.3, 0.4) is 0 Å². The summed E-state index contributed by atoms with van der Waals surface area (Å²) in [5.74, 6) is -0.0346. The molecule has 1 saturated heterocycles. The van der Waals surface area contributed by atoms with Gasteiger partial charge in [-0.15, -0.1) is 0 Å². The van der Waals surface area contributed by atoms with Crippen LogP contribution in [0.4, 0.5) is 0 Å². The summed E-state index contributed by atoms with van der Waals surface area (Å²) in [4.78, 5) is 30.3. The van der Waals surface area contributed by atoms with E-state index < -0.39 is 0 Å². The smallest absolute Gasteiger partial charge is 0.257 e. The third-order valence-corrected chi connectivity index (χ3v) is 7.31. The highest BCUT2D eigenvalue weighted by Crippen LogP contribution is 2.29. The number of methoxy groups -OCH3 is 1. The Balaban J connectivity index is 1.68. The summed E-state index contributed by atoms with van der Waals surface area (Å²) in [5.41, 5.74) is 1.71. The van der Waals surface area contributed by atoms with Crippen LogP contribution in [-0.4, -0.2) is 80.8 Å². The molecule has 2 aromatic rings. The molecule has 2 amide bonds. The number of benzene rings is 2. The normalized spacial score (nSPS) is 25.7. The maximum atomic E-state index is 13.6. The van der Waals surface area contributed by atoms with Crippen molar-refractivity contribution in [2.75, 3.05) is 40.9 Å². The lowest BCUT2D eigenvalue weighted by Gasteiger charge is -2.38. The van der Waals surface area contributed by atoms with Crippen LogP contribution in [0.15, 0.2) is 48.5 Å². The number of likely N-dealkylation sites (N-methyl/N-ethyl adjacent to an activating group) is 2. The number of rotatable bonds is 2. The molecule has 2 heterocycles. The zero-order valence-corrected chi connectivity index (χ0v) is 21.8. The molecule has 0 radical (unpaired) electrons. The van der Waals surface area contributed by atoms with Gasteiger partial charge in [-0.1, -0.05) is 30.3 Å². The van der Waals surface area contributed by atoms with E-state index >= 15 is 0 Å². The first-order valence-electron chi connectivity index (χ1n) is 12.8. The molecule has 4 rings (SSSR count). The Hall–Kier alpha value is -3.41. The van der Waals surface area contributed by atoms with Crippen molar-refractivity contribution < 1.29 is 23.8 Å². The number of ether oxygens (including phenoxy) is 3. The number of nitriles is 1. The van der Waals surface area contributed by atoms with Crippen LogP contribution in [-0.2, 0) is 14.3 Å². The quantitative estimate of drug-likeness (QED) is 0.619. The largest absolute Gasteiger partial charge is 0.493 e. The van der Waals surface area contributed by atoms with Crippen LogP contribution in [0.5, 0.6) is 5.75 Å². The molecule has 1 fully saturated rings. The van der Waals surface area contributed by atoms with Gasteiger partial charge < -0.3 is 24.0 Å². The highest BCUT2D eigenvalue weighted by atomic mass is 16.5. The van der Waals surface area contributed by atoms with Crippen molar-refractivity contribution >= 4 is 11.8 Å². The topological polar surface area (TPSA) is 92.1 Å². The molecule has 2 aliphatic heterocycles. The SMILES string of the molecule is CO[C@@H]1CC[C@H]2CCOc3ccc(C#N)cc3C(=O)N(C)C[C@@H](c3ccccc3)CC(=O)N(C)C[C@@H]1O2. The van der Waals surface area contributed by atoms with Gasteiger partial charge in [0.2, 0.25) is 5.91 Å². The molecule has 8 heteroatoms. The molecule has 8 nitrogen and oxygen atoms in total. The van der Waals surface area contributed by atoms with Gasteiger partial charge in [0.05, 0.1) is 36.0 Å². The van der Waals surface area contributed by atoms with E-state index in [2.05, 4.69) is 6.07 Å². The standard InChI is InChI=1S/C29H35N3O5/c1-31-19-27-26(35-3)12-10-23(37-27)13-14-36-25-11-9-20(17-30)15-24(25)29(34)32(2)18-22(16-28(31)33)21-7-5-4-6-8-21/h4-9,11,15,22-23,26-27H,10,12-14,16,18-19H2,1-3H3/t22-,23-,26+,27-/m0/s1. The molecule has 196 valence electrons. The first kappa shape index (κ1) is 26.6. The van der Waals surface area contributed by atoms with Gasteiger partial charge in [0.1, 0.15) is 11.9 Å². The summed E-state index contributed by atoms with van der Waals surface area (Å²) in [5, 5.41) is 9.43. The maximum absolute atomic E-state index is 13.6. The van der Waals surface area contributed by atoms with Gasteiger partial charge in [-0.25, -0.2) is 0 Å². The van der Waals surface area contributed by atoms with Gasteiger partial charge in [0.25, 0.3) is 5.91 Å². The second-order valence-electron chi connectivity index (χ2n) is 9.88. The summed E-state index contributed by atoms with van der Waals surface area (Å²) in [6.45, 7) is 1.14. The highest BCUT2D eigenvalue weighted by molar-refractivity contribution is 5.97. The third kappa shape index (κ3) is 6.48. The van der Waals surface area contributed by atoms with Crippen LogP contribution in [0.2, 0.25) is 0 Å². The lowest BCUT2D eigenvalue weighted by molar-refractivity contribution is -0.150. The van der Waals surface area contributed by atoms with E-state index in [0.29, 0.717) is 43.0 Å². The van der Waals surface area contributed by atoms with E-state index in [-0.39, 0.29) is 42.5 Å². The number of hydrogen-bond donors (Lipinski definition) is 0. The second-order valence-corrected chi connectivity index (χ2v) is 9.88. The Labute approximate surface area is 218 Å². The molecule has 0 unspecified atom stereocenters. The van der Waals surface area contributed by atoms with Crippen molar-refractivity contribution in [1.82, 2.24) is 9.80 Å². The Kier molecular flexibility index (Phi) is 8.80. The molecule has 2 aliphatic rings. The molecule has 0 aromatic heterocycles. The lowest BCUT2D eigenvalue weighted by Crippen LogP contribution is -2.48. The van der Waals surface area contributed by atoms with Crippen LogP contribution >= 0.6 is 0 Å². The van der Waals surface area contributed by atoms with Crippen LogP contribution in [0.25, 0.3) is 0 Å². The summed E-state index contributed by atoms with van der Waals surface area (Å²) in [6.07, 6.45) is 2.21. The molecular formula is C29H35N3O5. The average Bonchev–Trinajstić information content (AvgIpc) is 2.92. The third-order valence-electron chi connectivity index (χ3n) is 7.31. The number of carbonyl (C=O) groups excluding carboxylic acids is 2. The Bertz CT molecular complexity index is 1130. The van der Waals surface area contributed by atoms with Crippen LogP contribution in [0.1, 0.15) is 53.1 Å². The molecular weight excluding hydrogens is 470 g/mol. The molecule has 0 saturated carbocycles. The Morgan fingerprint density at radius 1 is 1.00 bits per heavy atom. The molecule has 4 atom stereocenters. The summed E-state index contributed by atoms with van der Waals surface area (Å²) in [6, 6.07) is 16.8. The van der Waals surface area contributed by atoms with Gasteiger partial charge in [0, 0.05) is 53.1 Å². The number of hydrogen-bond acceptors (Lipinski definition) is 6. The van der Waals surface area contributed by atoms with E-state index in [1.807, 2.05) is 30.3 Å². The predicted octanol–water partition coefficient (Wildman–Crippen LogP) is 3.61. The second kappa shape index (κ2) is 12.2. The van der Waals surface area contributed by atoms with E-state index in [1.54, 1.807) is 49.2 Å². The van der Waals surface area contributed by atoms with E-state index in [1.165, 1.54) is 0 Å². The summed E-state index contributed by atoms with van der Waals surface area (Å²) >= 11 is 0. The van der Waals surface area contributed by atoms with Crippen molar-refractivity contribution in [2.45, 2.75) is 49.9 Å². The van der Waals surface area contributed by atoms with Gasteiger partial charge >= 0.3 is 0 Å². The number of fused-ring (bicyclic) bond motifs is 3. The van der Waals surface area contributed by atoms with E-state index in [0.717, 1.165) is 18.4 Å². The average molecular weight is 506 g/mol. The fraction of sp³-hybridized carbons (Fsp3) is 0.483.